The number of methoxy groups -OCH3 is 4. The molecule has 24 nitrogen and oxygen atoms in total. The summed E-state index contributed by atoms with van der Waals surface area (Å²) in [6.45, 7) is 7.38. The third-order valence-corrected chi connectivity index (χ3v) is 10.8. The van der Waals surface area contributed by atoms with Gasteiger partial charge in [0.25, 0.3) is 0 Å². The van der Waals surface area contributed by atoms with Gasteiger partial charge >= 0.3 is 193 Å². The molecule has 2 heterocycles. The van der Waals surface area contributed by atoms with E-state index in [1.807, 2.05) is 0 Å². The fourth-order valence-corrected chi connectivity index (χ4v) is 6.91. The van der Waals surface area contributed by atoms with Crippen molar-refractivity contribution in [3.8, 4) is 46.0 Å². The molecule has 2 aliphatic heterocycles. The summed E-state index contributed by atoms with van der Waals surface area (Å²) in [6.07, 6.45) is 0. The summed E-state index contributed by atoms with van der Waals surface area (Å²) in [5, 5.41) is 0. The molecule has 4 aromatic carbocycles. The molecule has 0 spiro atoms. The Kier molecular flexibility index (Phi) is 41.1. The van der Waals surface area contributed by atoms with Crippen LogP contribution in [-0.4, -0.2) is 211 Å². The van der Waals surface area contributed by atoms with Crippen LogP contribution in [0.2, 0.25) is 0 Å². The Morgan fingerprint density at radius 2 is 0.375 bits per heavy atom. The maximum absolute atomic E-state index is 11.9. The van der Waals surface area contributed by atoms with Crippen molar-refractivity contribution in [2.75, 3.05) is 187 Å². The van der Waals surface area contributed by atoms with E-state index < -0.39 is 39.5 Å². The van der Waals surface area contributed by atoms with Crippen LogP contribution in [0.3, 0.4) is 0 Å². The molecule has 0 saturated heterocycles. The van der Waals surface area contributed by atoms with Crippen molar-refractivity contribution < 1.29 is 267 Å². The van der Waals surface area contributed by atoms with Crippen LogP contribution in [0, 0.1) is 0 Å². The zero-order valence-corrected chi connectivity index (χ0v) is 61.2. The van der Waals surface area contributed by atoms with Crippen LogP contribution in [0.15, 0.2) is 72.8 Å². The van der Waals surface area contributed by atoms with Gasteiger partial charge in [0.1, 0.15) is 52.9 Å². The maximum atomic E-state index is 11.9. The zero-order valence-electron chi connectivity index (χ0n) is 53.1. The van der Waals surface area contributed by atoms with Gasteiger partial charge in [0, 0.05) is 0 Å². The average molecular weight is 1500 g/mol. The zero-order chi connectivity index (χ0) is 69.7. The van der Waals surface area contributed by atoms with E-state index in [0.29, 0.717) is 174 Å². The number of halogens is 12. The molecule has 2 aliphatic rings. The number of hydrogen-bond donors (Lipinski definition) is 0. The molecule has 0 aromatic heterocycles. The van der Waals surface area contributed by atoms with Gasteiger partial charge in [-0.3, -0.25) is 0 Å². The largest absolute Gasteiger partial charge is 1.00 e. The minimum Gasteiger partial charge on any atom is 1.00 e. The van der Waals surface area contributed by atoms with Crippen molar-refractivity contribution in [1.82, 2.24) is 0 Å². The number of rotatable bonds is 4. The van der Waals surface area contributed by atoms with Crippen molar-refractivity contribution >= 4 is 39.5 Å². The molecule has 0 amide bonds. The Hall–Kier alpha value is -3.87. The van der Waals surface area contributed by atoms with Crippen LogP contribution < -0.4 is 141 Å². The summed E-state index contributed by atoms with van der Waals surface area (Å²) in [5.74, 6) is 1.58. The van der Waals surface area contributed by atoms with E-state index in [-0.39, 0.29) is 156 Å². The van der Waals surface area contributed by atoms with E-state index in [0.717, 1.165) is 0 Å². The number of fused-ring (bicyclic) bond motifs is 4. The van der Waals surface area contributed by atoms with E-state index >= 15 is 0 Å². The molecule has 0 N–H and O–H groups in total. The summed E-state index contributed by atoms with van der Waals surface area (Å²) >= 11 is 0. The quantitative estimate of drug-likeness (QED) is 0.0760. The summed E-state index contributed by atoms with van der Waals surface area (Å²) in [6, 6.07) is 19.3. The van der Waals surface area contributed by atoms with Gasteiger partial charge in [-0.25, -0.2) is 19.2 Å². The molecular formula is C56H72F12K2O24P2. The fourth-order valence-electron chi connectivity index (χ4n) is 6.91. The Morgan fingerprint density at radius 3 is 0.510 bits per heavy atom. The molecule has 0 unspecified atom stereocenters. The van der Waals surface area contributed by atoms with Crippen LogP contribution >= 0.6 is 15.6 Å². The van der Waals surface area contributed by atoms with Gasteiger partial charge in [-0.05, 0) is 72.8 Å². The second-order valence-corrected chi connectivity index (χ2v) is 22.0. The molecule has 4 aromatic rings. The topological polar surface area (TPSA) is 253 Å². The average Bonchev–Trinajstić information content (AvgIpc) is 0.796. The third kappa shape index (κ3) is 46.5. The Balaban J connectivity index is 0.000000785. The molecule has 0 bridgehead atoms. The van der Waals surface area contributed by atoms with Crippen molar-refractivity contribution in [2.24, 2.45) is 0 Å². The van der Waals surface area contributed by atoms with Gasteiger partial charge in [0.2, 0.25) is 0 Å². The molecule has 0 aliphatic carbocycles. The Bertz CT molecular complexity index is 2580. The molecule has 0 radical (unpaired) electrons. The van der Waals surface area contributed by atoms with Gasteiger partial charge < -0.3 is 94.7 Å². The van der Waals surface area contributed by atoms with Crippen LogP contribution in [-0.2, 0) is 56.8 Å². The van der Waals surface area contributed by atoms with E-state index in [2.05, 4.69) is 0 Å². The summed E-state index contributed by atoms with van der Waals surface area (Å²) in [4.78, 5) is 47.7. The standard InChI is InChI=1S/2C28H36O12.2F6P.2K/c2*1-31-27(29)21-3-5-23-25(19-21)39-17-13-35-9-7-34-12-16-38-24-6-4-22(28(30)32-2)20-26(24)40-18-14-36-10-8-33-11-15-37-23;2*1-7(2,3,4,5)6;;/h2*3-6,19-20H,7-18H2,1-2H3;;;;/q;;2*-1;2*+1. The number of esters is 4. The van der Waals surface area contributed by atoms with Crippen molar-refractivity contribution in [1.29, 1.82) is 0 Å². The first-order valence-electron chi connectivity index (χ1n) is 27.8. The minimum absolute atomic E-state index is 0. The fraction of sp³-hybridized carbons (Fsp3) is 0.500. The molecule has 6 rings (SSSR count). The van der Waals surface area contributed by atoms with Crippen molar-refractivity contribution in [3.05, 3.63) is 95.1 Å². The van der Waals surface area contributed by atoms with Crippen molar-refractivity contribution in [2.45, 2.75) is 0 Å². The van der Waals surface area contributed by atoms with E-state index in [9.17, 15) is 69.5 Å². The second kappa shape index (κ2) is 43.7. The van der Waals surface area contributed by atoms with Gasteiger partial charge in [0.05, 0.1) is 156 Å². The van der Waals surface area contributed by atoms with E-state index in [1.54, 1.807) is 72.8 Å². The van der Waals surface area contributed by atoms with Crippen LogP contribution in [0.1, 0.15) is 41.4 Å². The van der Waals surface area contributed by atoms with Gasteiger partial charge in [-0.1, -0.05) is 0 Å². The predicted octanol–water partition coefficient (Wildman–Crippen LogP) is 5.88. The van der Waals surface area contributed by atoms with Crippen LogP contribution in [0.25, 0.3) is 0 Å². The number of carbonyl (C=O) groups is 4. The third-order valence-electron chi connectivity index (χ3n) is 10.8. The first-order valence-corrected chi connectivity index (χ1v) is 31.9. The van der Waals surface area contributed by atoms with E-state index in [4.69, 9.17) is 94.7 Å². The molecule has 96 heavy (non-hydrogen) atoms. The van der Waals surface area contributed by atoms with Gasteiger partial charge in [0.15, 0.2) is 46.0 Å². The van der Waals surface area contributed by atoms with Gasteiger partial charge in [-0.2, -0.15) is 0 Å². The summed E-state index contributed by atoms with van der Waals surface area (Å²) in [5.41, 5.74) is 1.38. The molecule has 40 heteroatoms. The Labute approximate surface area is 628 Å². The molecule has 536 valence electrons. The normalized spacial score (nSPS) is 17.2. The monoisotopic (exact) mass is 1500 g/mol. The summed E-state index contributed by atoms with van der Waals surface area (Å²) in [7, 11) is -16.1. The summed E-state index contributed by atoms with van der Waals surface area (Å²) < 4.78 is 228. The second-order valence-electron chi connectivity index (χ2n) is 18.2. The van der Waals surface area contributed by atoms with Crippen LogP contribution in [0.4, 0.5) is 50.4 Å². The van der Waals surface area contributed by atoms with E-state index in [1.165, 1.54) is 28.4 Å². The van der Waals surface area contributed by atoms with Gasteiger partial charge in [-0.15, -0.1) is 0 Å². The van der Waals surface area contributed by atoms with Crippen molar-refractivity contribution in [3.63, 3.8) is 0 Å². The number of ether oxygens (including phenoxy) is 20. The number of carbonyl (C=O) groups excluding carboxylic acids is 4. The maximum Gasteiger partial charge on any atom is 1.00 e. The molecular weight excluding hydrogens is 1420 g/mol. The van der Waals surface area contributed by atoms with Crippen LogP contribution in [0.5, 0.6) is 46.0 Å². The molecule has 0 fully saturated rings. The predicted molar refractivity (Wildman–Crippen MR) is 309 cm³/mol. The Morgan fingerprint density at radius 1 is 0.250 bits per heavy atom. The minimum atomic E-state index is -10.7. The first kappa shape index (κ1) is 90.1. The first-order chi connectivity index (χ1) is 44.1. The smallest absolute Gasteiger partial charge is 1.00 e. The molecule has 0 saturated carbocycles. The SMILES string of the molecule is COC(=O)c1ccc2c(c1)OCCOCCOCCOc1ccc(C(=O)OC)cc1OCCOCCOCCO2.COC(=O)c1ccc2c(c1)OCCOCCOCCOc1ccc(C(=O)OC)cc1OCCOCCOCCO2.F[P-](F)(F)(F)(F)F.F[P-](F)(F)(F)(F)F.[K+].[K+]. The number of hydrogen-bond acceptors (Lipinski definition) is 24. The number of benzene rings is 4. The molecule has 0 atom stereocenters.